The van der Waals surface area contributed by atoms with Gasteiger partial charge >= 0.3 is 0 Å². The molecule has 74 valence electrons. The van der Waals surface area contributed by atoms with Crippen molar-refractivity contribution in [1.29, 1.82) is 0 Å². The summed E-state index contributed by atoms with van der Waals surface area (Å²) < 4.78 is 1.14. The molecular formula is C9H8ClIN2S. The summed E-state index contributed by atoms with van der Waals surface area (Å²) >= 11 is 10.0. The number of thioether (sulfide) groups is 1. The number of hydrogen-bond donors (Lipinski definition) is 1. The van der Waals surface area contributed by atoms with Crippen LogP contribution in [0.3, 0.4) is 0 Å². The minimum atomic E-state index is 0.743. The highest BCUT2D eigenvalue weighted by Crippen LogP contribution is 2.25. The smallest absolute Gasteiger partial charge is 0.161 e. The number of hydrogen-bond acceptors (Lipinski definition) is 3. The number of nitrogens with one attached hydrogen (secondary N) is 1. The molecule has 0 saturated heterocycles. The molecule has 5 heteroatoms. The van der Waals surface area contributed by atoms with Gasteiger partial charge in [-0.3, -0.25) is 4.99 Å². The van der Waals surface area contributed by atoms with Crippen molar-refractivity contribution in [3.63, 3.8) is 0 Å². The number of amidine groups is 1. The maximum atomic E-state index is 6.08. The molecule has 0 fully saturated rings. The van der Waals surface area contributed by atoms with Gasteiger partial charge in [0.2, 0.25) is 0 Å². The summed E-state index contributed by atoms with van der Waals surface area (Å²) in [4.78, 5) is 4.30. The maximum absolute atomic E-state index is 6.08. The Hall–Kier alpha value is 0.0600. The second-order valence-electron chi connectivity index (χ2n) is 2.78. The Balaban J connectivity index is 2.16. The van der Waals surface area contributed by atoms with Crippen LogP contribution in [0.5, 0.6) is 0 Å². The van der Waals surface area contributed by atoms with Crippen molar-refractivity contribution in [1.82, 2.24) is 0 Å². The van der Waals surface area contributed by atoms with Crippen LogP contribution in [0.1, 0.15) is 0 Å². The molecule has 2 nitrogen and oxygen atoms in total. The van der Waals surface area contributed by atoms with Gasteiger partial charge in [0, 0.05) is 9.32 Å². The van der Waals surface area contributed by atoms with Crippen LogP contribution in [0.2, 0.25) is 5.02 Å². The zero-order valence-corrected chi connectivity index (χ0v) is 11.0. The van der Waals surface area contributed by atoms with E-state index in [0.717, 1.165) is 31.7 Å². The Bertz CT molecular complexity index is 381. The van der Waals surface area contributed by atoms with Gasteiger partial charge in [0.05, 0.1) is 17.3 Å². The predicted molar refractivity (Wildman–Crippen MR) is 72.6 cm³/mol. The second-order valence-corrected chi connectivity index (χ2v) is 5.52. The van der Waals surface area contributed by atoms with Crippen molar-refractivity contribution in [2.75, 3.05) is 17.6 Å². The van der Waals surface area contributed by atoms with Gasteiger partial charge in [-0.25, -0.2) is 0 Å². The highest BCUT2D eigenvalue weighted by molar-refractivity contribution is 14.1. The Labute approximate surface area is 106 Å². The van der Waals surface area contributed by atoms with E-state index in [1.165, 1.54) is 0 Å². The molecule has 0 saturated carbocycles. The number of halogens is 2. The number of benzene rings is 1. The van der Waals surface area contributed by atoms with Gasteiger partial charge in [-0.2, -0.15) is 0 Å². The number of nitrogens with zero attached hydrogens (tertiary/aromatic N) is 1. The lowest BCUT2D eigenvalue weighted by Gasteiger charge is -2.07. The van der Waals surface area contributed by atoms with Crippen molar-refractivity contribution in [2.24, 2.45) is 4.99 Å². The first kappa shape index (κ1) is 10.6. The van der Waals surface area contributed by atoms with E-state index < -0.39 is 0 Å². The minimum Gasteiger partial charge on any atom is -0.334 e. The number of aliphatic imine (C=N–C) groups is 1. The van der Waals surface area contributed by atoms with Gasteiger partial charge in [0.15, 0.2) is 5.17 Å². The molecule has 14 heavy (non-hydrogen) atoms. The van der Waals surface area contributed by atoms with E-state index in [2.05, 4.69) is 32.9 Å². The average Bonchev–Trinajstić information content (AvgIpc) is 2.62. The zero-order chi connectivity index (χ0) is 9.97. The van der Waals surface area contributed by atoms with Gasteiger partial charge in [0.25, 0.3) is 0 Å². The van der Waals surface area contributed by atoms with Gasteiger partial charge in [0.1, 0.15) is 0 Å². The molecule has 0 aromatic heterocycles. The van der Waals surface area contributed by atoms with Gasteiger partial charge in [-0.15, -0.1) is 0 Å². The summed E-state index contributed by atoms with van der Waals surface area (Å²) in [7, 11) is 0. The summed E-state index contributed by atoms with van der Waals surface area (Å²) in [5.74, 6) is 1.06. The van der Waals surface area contributed by atoms with Crippen molar-refractivity contribution < 1.29 is 0 Å². The molecule has 1 aromatic rings. The van der Waals surface area contributed by atoms with Crippen molar-refractivity contribution in [2.45, 2.75) is 0 Å². The Kier molecular flexibility index (Phi) is 3.57. The summed E-state index contributed by atoms with van der Waals surface area (Å²) in [6.07, 6.45) is 0. The SMILES string of the molecule is Clc1cc(I)ccc1NC1=NCCS1. The summed E-state index contributed by atoms with van der Waals surface area (Å²) in [5, 5.41) is 4.92. The van der Waals surface area contributed by atoms with E-state index in [1.54, 1.807) is 11.8 Å². The lowest BCUT2D eigenvalue weighted by molar-refractivity contribution is 1.17. The molecule has 0 radical (unpaired) electrons. The quantitative estimate of drug-likeness (QED) is 0.793. The molecule has 1 N–H and O–H groups in total. The molecule has 0 amide bonds. The molecule has 2 rings (SSSR count). The molecule has 1 aromatic carbocycles. The Morgan fingerprint density at radius 3 is 3.00 bits per heavy atom. The van der Waals surface area contributed by atoms with Crippen LogP contribution in [0, 0.1) is 3.57 Å². The minimum absolute atomic E-state index is 0.743. The first-order chi connectivity index (χ1) is 6.75. The third-order valence-electron chi connectivity index (χ3n) is 1.76. The second kappa shape index (κ2) is 4.72. The monoisotopic (exact) mass is 338 g/mol. The van der Waals surface area contributed by atoms with Crippen LogP contribution in [0.25, 0.3) is 0 Å². The van der Waals surface area contributed by atoms with Gasteiger partial charge < -0.3 is 5.32 Å². The molecule has 1 aliphatic heterocycles. The van der Waals surface area contributed by atoms with Crippen LogP contribution in [-0.2, 0) is 0 Å². The number of rotatable bonds is 1. The Morgan fingerprint density at radius 1 is 1.50 bits per heavy atom. The summed E-state index contributed by atoms with van der Waals surface area (Å²) in [5.41, 5.74) is 0.931. The molecule has 1 heterocycles. The third kappa shape index (κ3) is 2.55. The largest absolute Gasteiger partial charge is 0.334 e. The molecule has 0 aliphatic carbocycles. The van der Waals surface area contributed by atoms with Gasteiger partial charge in [-0.05, 0) is 40.8 Å². The molecule has 0 spiro atoms. The van der Waals surface area contributed by atoms with Crippen LogP contribution in [0.4, 0.5) is 5.69 Å². The summed E-state index contributed by atoms with van der Waals surface area (Å²) in [6.45, 7) is 0.898. The van der Waals surface area contributed by atoms with E-state index in [9.17, 15) is 0 Å². The topological polar surface area (TPSA) is 24.4 Å². The van der Waals surface area contributed by atoms with Crippen LogP contribution >= 0.6 is 46.0 Å². The number of anilines is 1. The van der Waals surface area contributed by atoms with Crippen LogP contribution in [-0.4, -0.2) is 17.5 Å². The Morgan fingerprint density at radius 2 is 2.36 bits per heavy atom. The standard InChI is InChI=1S/C9H8ClIN2S/c10-7-5-6(11)1-2-8(7)13-9-12-3-4-14-9/h1-2,5H,3-4H2,(H,12,13). The molecule has 0 bridgehead atoms. The molecule has 0 atom stereocenters. The van der Waals surface area contributed by atoms with Crippen molar-refractivity contribution in [3.8, 4) is 0 Å². The molecule has 1 aliphatic rings. The fourth-order valence-electron chi connectivity index (χ4n) is 1.12. The van der Waals surface area contributed by atoms with E-state index in [1.807, 2.05) is 18.2 Å². The van der Waals surface area contributed by atoms with Crippen molar-refractivity contribution >= 4 is 56.8 Å². The summed E-state index contributed by atoms with van der Waals surface area (Å²) in [6, 6.07) is 5.94. The van der Waals surface area contributed by atoms with Gasteiger partial charge in [-0.1, -0.05) is 23.4 Å². The average molecular weight is 339 g/mol. The lowest BCUT2D eigenvalue weighted by atomic mass is 10.3. The van der Waals surface area contributed by atoms with E-state index >= 15 is 0 Å². The highest BCUT2D eigenvalue weighted by Gasteiger charge is 2.08. The van der Waals surface area contributed by atoms with Crippen LogP contribution in [0.15, 0.2) is 23.2 Å². The van der Waals surface area contributed by atoms with E-state index in [-0.39, 0.29) is 0 Å². The normalized spacial score (nSPS) is 15.4. The van der Waals surface area contributed by atoms with Crippen molar-refractivity contribution in [3.05, 3.63) is 26.8 Å². The van der Waals surface area contributed by atoms with E-state index in [0.29, 0.717) is 0 Å². The maximum Gasteiger partial charge on any atom is 0.161 e. The lowest BCUT2D eigenvalue weighted by Crippen LogP contribution is -2.05. The first-order valence-electron chi connectivity index (χ1n) is 4.15. The molecule has 0 unspecified atom stereocenters. The fourth-order valence-corrected chi connectivity index (χ4v) is 2.76. The zero-order valence-electron chi connectivity index (χ0n) is 7.26. The third-order valence-corrected chi connectivity index (χ3v) is 3.63. The fraction of sp³-hybridized carbons (Fsp3) is 0.222. The first-order valence-corrected chi connectivity index (χ1v) is 6.59. The van der Waals surface area contributed by atoms with E-state index in [4.69, 9.17) is 11.6 Å². The highest BCUT2D eigenvalue weighted by atomic mass is 127. The van der Waals surface area contributed by atoms with Crippen LogP contribution < -0.4 is 5.32 Å². The predicted octanol–water partition coefficient (Wildman–Crippen LogP) is 3.46. The molecular weight excluding hydrogens is 331 g/mol.